The maximum Gasteiger partial charge on any atom is 0.410 e. The van der Waals surface area contributed by atoms with Gasteiger partial charge in [0.25, 0.3) is 0 Å². The molecular formula is C34H42ClFN6O3. The Kier molecular flexibility index (Phi) is 7.59. The number of amides is 2. The highest BCUT2D eigenvalue weighted by Gasteiger charge is 2.56. The monoisotopic (exact) mass is 636 g/mol. The minimum absolute atomic E-state index is 0.0408. The molecule has 1 atom stereocenters. The Labute approximate surface area is 268 Å². The number of pyridine rings is 1. The van der Waals surface area contributed by atoms with Gasteiger partial charge in [-0.3, -0.25) is 9.69 Å². The number of hydrogen-bond donors (Lipinski definition) is 0. The zero-order valence-corrected chi connectivity index (χ0v) is 27.3. The zero-order valence-electron chi connectivity index (χ0n) is 26.6. The molecule has 0 radical (unpaired) electrons. The van der Waals surface area contributed by atoms with Crippen molar-refractivity contribution in [2.75, 3.05) is 31.1 Å². The summed E-state index contributed by atoms with van der Waals surface area (Å²) in [5.41, 5.74) is 3.79. The van der Waals surface area contributed by atoms with Crippen LogP contribution in [-0.2, 0) is 21.5 Å². The van der Waals surface area contributed by atoms with Crippen molar-refractivity contribution >= 4 is 40.3 Å². The van der Waals surface area contributed by atoms with E-state index >= 15 is 0 Å². The fourth-order valence-corrected chi connectivity index (χ4v) is 8.08. The number of benzene rings is 1. The van der Waals surface area contributed by atoms with E-state index in [4.69, 9.17) is 21.3 Å². The summed E-state index contributed by atoms with van der Waals surface area (Å²) in [6.07, 6.45) is 4.90. The number of aromatic nitrogens is 3. The van der Waals surface area contributed by atoms with Crippen molar-refractivity contribution in [3.63, 3.8) is 0 Å². The third-order valence-corrected chi connectivity index (χ3v) is 10.5. The van der Waals surface area contributed by atoms with Gasteiger partial charge in [0.1, 0.15) is 17.3 Å². The largest absolute Gasteiger partial charge is 0.444 e. The van der Waals surface area contributed by atoms with E-state index < -0.39 is 17.2 Å². The number of anilines is 1. The summed E-state index contributed by atoms with van der Waals surface area (Å²) in [7, 11) is 0. The highest BCUT2D eigenvalue weighted by atomic mass is 35.5. The van der Waals surface area contributed by atoms with Gasteiger partial charge in [-0.2, -0.15) is 0 Å². The molecule has 1 saturated carbocycles. The highest BCUT2D eigenvalue weighted by molar-refractivity contribution is 6.34. The lowest BCUT2D eigenvalue weighted by Gasteiger charge is -2.48. The molecule has 9 nitrogen and oxygen atoms in total. The number of fused-ring (bicyclic) bond motifs is 3. The van der Waals surface area contributed by atoms with Gasteiger partial charge in [0.2, 0.25) is 5.91 Å². The molecule has 5 heterocycles. The van der Waals surface area contributed by atoms with Crippen LogP contribution in [0.25, 0.3) is 22.3 Å². The lowest BCUT2D eigenvalue weighted by Crippen LogP contribution is -2.59. The first-order valence-corrected chi connectivity index (χ1v) is 16.7. The van der Waals surface area contributed by atoms with Gasteiger partial charge in [-0.05, 0) is 90.5 Å². The third-order valence-electron chi connectivity index (χ3n) is 10.2. The molecule has 0 unspecified atom stereocenters. The van der Waals surface area contributed by atoms with Crippen LogP contribution in [0.5, 0.6) is 0 Å². The van der Waals surface area contributed by atoms with Crippen LogP contribution in [0.2, 0.25) is 5.15 Å². The van der Waals surface area contributed by atoms with E-state index in [1.54, 1.807) is 11.2 Å². The third kappa shape index (κ3) is 5.27. The second kappa shape index (κ2) is 11.2. The predicted octanol–water partition coefficient (Wildman–Crippen LogP) is 6.35. The summed E-state index contributed by atoms with van der Waals surface area (Å²) in [6.45, 7) is 10.7. The van der Waals surface area contributed by atoms with Crippen molar-refractivity contribution < 1.29 is 18.7 Å². The molecule has 45 heavy (non-hydrogen) atoms. The number of imidazole rings is 1. The first-order chi connectivity index (χ1) is 21.5. The summed E-state index contributed by atoms with van der Waals surface area (Å²) in [5, 5.41) is 0.399. The molecule has 1 aliphatic carbocycles. The van der Waals surface area contributed by atoms with E-state index in [1.165, 1.54) is 0 Å². The molecule has 1 aromatic carbocycles. The summed E-state index contributed by atoms with van der Waals surface area (Å²) in [6, 6.07) is 8.46. The Balaban J connectivity index is 1.21. The SMILES string of the molecule is CCn1cnc2cc(-c3ccc4c(c3)N(C3CC(N5CCC[C@@H](F)C5)C3)C(=O)C43CCN(C(=O)OC(C)(C)C)CC3)nc(Cl)c21. The number of ether oxygens (including phenoxy) is 1. The Morgan fingerprint density at radius 1 is 1.13 bits per heavy atom. The topological polar surface area (TPSA) is 83.8 Å². The van der Waals surface area contributed by atoms with E-state index in [9.17, 15) is 14.0 Å². The molecule has 4 aliphatic rings. The van der Waals surface area contributed by atoms with Crippen molar-refractivity contribution in [2.45, 2.75) is 102 Å². The van der Waals surface area contributed by atoms with Crippen molar-refractivity contribution in [3.8, 4) is 11.3 Å². The number of piperidine rings is 2. The Morgan fingerprint density at radius 2 is 1.89 bits per heavy atom. The van der Waals surface area contributed by atoms with Gasteiger partial charge in [0, 0.05) is 49.5 Å². The molecule has 3 fully saturated rings. The maximum absolute atomic E-state index is 14.6. The van der Waals surface area contributed by atoms with Crippen molar-refractivity contribution in [1.29, 1.82) is 0 Å². The fourth-order valence-electron chi connectivity index (χ4n) is 7.78. The zero-order chi connectivity index (χ0) is 31.7. The van der Waals surface area contributed by atoms with Crippen molar-refractivity contribution in [3.05, 3.63) is 41.3 Å². The van der Waals surface area contributed by atoms with Gasteiger partial charge in [-0.1, -0.05) is 23.7 Å². The number of nitrogens with zero attached hydrogens (tertiary/aromatic N) is 6. The number of hydrogen-bond acceptors (Lipinski definition) is 6. The van der Waals surface area contributed by atoms with E-state index in [0.29, 0.717) is 49.7 Å². The molecule has 3 aromatic rings. The van der Waals surface area contributed by atoms with Gasteiger partial charge in [-0.15, -0.1) is 0 Å². The number of halogens is 2. The van der Waals surface area contributed by atoms with Crippen LogP contribution in [-0.4, -0.2) is 86.4 Å². The van der Waals surface area contributed by atoms with Crippen molar-refractivity contribution in [1.82, 2.24) is 24.3 Å². The van der Waals surface area contributed by atoms with Crippen LogP contribution >= 0.6 is 11.6 Å². The molecule has 11 heteroatoms. The Hall–Kier alpha value is -3.24. The van der Waals surface area contributed by atoms with Gasteiger partial charge in [0.05, 0.1) is 23.0 Å². The molecular weight excluding hydrogens is 595 g/mol. The lowest BCUT2D eigenvalue weighted by atomic mass is 9.73. The first-order valence-electron chi connectivity index (χ1n) is 16.3. The minimum atomic E-state index is -0.770. The molecule has 1 spiro atoms. The van der Waals surface area contributed by atoms with Crippen LogP contribution in [0.15, 0.2) is 30.6 Å². The number of carbonyl (C=O) groups is 2. The maximum atomic E-state index is 14.6. The van der Waals surface area contributed by atoms with Crippen molar-refractivity contribution in [2.24, 2.45) is 0 Å². The minimum Gasteiger partial charge on any atom is -0.444 e. The highest BCUT2D eigenvalue weighted by Crippen LogP contribution is 2.52. The Morgan fingerprint density at radius 3 is 2.58 bits per heavy atom. The van der Waals surface area contributed by atoms with Crippen LogP contribution < -0.4 is 4.90 Å². The fraction of sp³-hybridized carbons (Fsp3) is 0.588. The molecule has 2 aromatic heterocycles. The average Bonchev–Trinajstić information content (AvgIpc) is 3.49. The number of aryl methyl sites for hydroxylation is 1. The quantitative estimate of drug-likeness (QED) is 0.310. The second-order valence-corrected chi connectivity index (χ2v) is 14.5. The van der Waals surface area contributed by atoms with E-state index in [1.807, 2.05) is 49.3 Å². The average molecular weight is 637 g/mol. The molecule has 0 bridgehead atoms. The van der Waals surface area contributed by atoms with E-state index in [-0.39, 0.29) is 24.1 Å². The standard InChI is InChI=1S/C34H42ClFN6O3/c1-5-39-20-37-27-18-26(38-30(35)29(27)39)21-8-9-25-28(15-21)42(24-16-23(17-24)41-12-6-7-22(36)19-41)31(43)34(25)10-13-40(14-11-34)32(44)45-33(2,3)4/h8-9,15,18,20,22-24H,5-7,10-14,16-17,19H2,1-4H3/t22-,23?,24?/m1/s1. The van der Waals surface area contributed by atoms with Gasteiger partial charge >= 0.3 is 6.09 Å². The van der Waals surface area contributed by atoms with Crippen LogP contribution in [0, 0.1) is 0 Å². The Bertz CT molecular complexity index is 1640. The van der Waals surface area contributed by atoms with Gasteiger partial charge in [0.15, 0.2) is 5.15 Å². The first kappa shape index (κ1) is 30.4. The second-order valence-electron chi connectivity index (χ2n) is 14.2. The van der Waals surface area contributed by atoms with Crippen LogP contribution in [0.4, 0.5) is 14.9 Å². The summed E-state index contributed by atoms with van der Waals surface area (Å²) >= 11 is 6.67. The molecule has 2 amide bonds. The predicted molar refractivity (Wildman–Crippen MR) is 172 cm³/mol. The van der Waals surface area contributed by atoms with Gasteiger partial charge < -0.3 is 19.1 Å². The number of alkyl halides is 1. The number of rotatable bonds is 4. The summed E-state index contributed by atoms with van der Waals surface area (Å²) in [4.78, 5) is 42.8. The molecule has 240 valence electrons. The number of likely N-dealkylation sites (tertiary alicyclic amines) is 2. The molecule has 0 N–H and O–H groups in total. The van der Waals surface area contributed by atoms with E-state index in [2.05, 4.69) is 22.0 Å². The van der Waals surface area contributed by atoms with E-state index in [0.717, 1.165) is 60.2 Å². The van der Waals surface area contributed by atoms with Gasteiger partial charge in [-0.25, -0.2) is 19.2 Å². The number of carbonyl (C=O) groups excluding carboxylic acids is 2. The summed E-state index contributed by atoms with van der Waals surface area (Å²) in [5.74, 6) is 0.104. The molecule has 2 saturated heterocycles. The smallest absolute Gasteiger partial charge is 0.410 e. The van der Waals surface area contributed by atoms with Crippen LogP contribution in [0.3, 0.4) is 0 Å². The lowest BCUT2D eigenvalue weighted by molar-refractivity contribution is -0.126. The normalized spacial score (nSPS) is 25.1. The van der Waals surface area contributed by atoms with Crippen LogP contribution in [0.1, 0.15) is 71.8 Å². The molecule has 3 aliphatic heterocycles. The summed E-state index contributed by atoms with van der Waals surface area (Å²) < 4.78 is 21.8. The molecule has 7 rings (SSSR count).